The molecule has 0 bridgehead atoms. The summed E-state index contributed by atoms with van der Waals surface area (Å²) in [7, 11) is 1.54. The fourth-order valence-electron chi connectivity index (χ4n) is 1.38. The molecule has 0 aliphatic heterocycles. The van der Waals surface area contributed by atoms with Crippen LogP contribution in [0.25, 0.3) is 0 Å². The molecule has 0 radical (unpaired) electrons. The maximum Gasteiger partial charge on any atom is 0.133 e. The summed E-state index contributed by atoms with van der Waals surface area (Å²) in [5.41, 5.74) is 6.20. The van der Waals surface area contributed by atoms with Crippen molar-refractivity contribution in [1.82, 2.24) is 0 Å². The molecule has 1 aromatic carbocycles. The number of hydrogen-bond donors (Lipinski definition) is 1. The van der Waals surface area contributed by atoms with Crippen LogP contribution in [0.15, 0.2) is 16.6 Å². The lowest BCUT2D eigenvalue weighted by Crippen LogP contribution is -2.30. The van der Waals surface area contributed by atoms with Gasteiger partial charge in [0.15, 0.2) is 0 Å². The molecular formula is C11H15BrFNO. The third-order valence-electron chi connectivity index (χ3n) is 2.11. The van der Waals surface area contributed by atoms with E-state index in [0.29, 0.717) is 11.1 Å². The Morgan fingerprint density at radius 1 is 1.47 bits per heavy atom. The molecule has 0 amide bonds. The van der Waals surface area contributed by atoms with Gasteiger partial charge in [0, 0.05) is 28.2 Å². The van der Waals surface area contributed by atoms with Gasteiger partial charge < -0.3 is 10.5 Å². The van der Waals surface area contributed by atoms with Crippen LogP contribution in [0.1, 0.15) is 25.0 Å². The Morgan fingerprint density at radius 2 is 2.07 bits per heavy atom. The maximum atomic E-state index is 14.0. The van der Waals surface area contributed by atoms with Gasteiger partial charge in [-0.15, -0.1) is 0 Å². The number of halogens is 2. The second-order valence-corrected chi connectivity index (χ2v) is 5.00. The van der Waals surface area contributed by atoms with Crippen LogP contribution in [0, 0.1) is 5.82 Å². The normalized spacial score (nSPS) is 11.9. The summed E-state index contributed by atoms with van der Waals surface area (Å²) in [6.07, 6.45) is 0. The number of rotatable bonds is 3. The Hall–Kier alpha value is -0.450. The van der Waals surface area contributed by atoms with Crippen LogP contribution in [0.4, 0.5) is 4.39 Å². The van der Waals surface area contributed by atoms with Crippen molar-refractivity contribution in [3.8, 4) is 0 Å². The topological polar surface area (TPSA) is 35.2 Å². The summed E-state index contributed by atoms with van der Waals surface area (Å²) in [4.78, 5) is 0. The van der Waals surface area contributed by atoms with Crippen LogP contribution >= 0.6 is 15.9 Å². The van der Waals surface area contributed by atoms with Crippen molar-refractivity contribution in [2.24, 2.45) is 5.73 Å². The predicted octanol–water partition coefficient (Wildman–Crippen LogP) is 2.93. The van der Waals surface area contributed by atoms with Gasteiger partial charge in [-0.25, -0.2) is 4.39 Å². The first kappa shape index (κ1) is 12.6. The van der Waals surface area contributed by atoms with E-state index in [1.54, 1.807) is 26.0 Å². The lowest BCUT2D eigenvalue weighted by Gasteiger charge is -2.21. The fraction of sp³-hybridized carbons (Fsp3) is 0.455. The lowest BCUT2D eigenvalue weighted by molar-refractivity contribution is 0.181. The molecule has 0 heterocycles. The molecule has 0 saturated heterocycles. The molecule has 0 fully saturated rings. The minimum absolute atomic E-state index is 0.244. The van der Waals surface area contributed by atoms with Gasteiger partial charge in [0.05, 0.1) is 6.61 Å². The molecule has 1 aromatic rings. The van der Waals surface area contributed by atoms with E-state index in [2.05, 4.69) is 15.9 Å². The van der Waals surface area contributed by atoms with Crippen LogP contribution in [0.3, 0.4) is 0 Å². The minimum atomic E-state index is -0.698. The first-order valence-electron chi connectivity index (χ1n) is 4.62. The summed E-state index contributed by atoms with van der Waals surface area (Å²) in [5.74, 6) is -0.285. The first-order valence-corrected chi connectivity index (χ1v) is 5.41. The van der Waals surface area contributed by atoms with Crippen molar-refractivity contribution in [3.63, 3.8) is 0 Å². The maximum absolute atomic E-state index is 14.0. The zero-order chi connectivity index (χ0) is 11.6. The van der Waals surface area contributed by atoms with E-state index in [1.165, 1.54) is 7.11 Å². The molecule has 0 aromatic heterocycles. The molecule has 15 heavy (non-hydrogen) atoms. The molecule has 4 heteroatoms. The molecule has 2 N–H and O–H groups in total. The smallest absolute Gasteiger partial charge is 0.133 e. The van der Waals surface area contributed by atoms with Crippen LogP contribution < -0.4 is 5.73 Å². The molecule has 0 saturated carbocycles. The highest BCUT2D eigenvalue weighted by atomic mass is 79.9. The Bertz CT molecular complexity index is 360. The van der Waals surface area contributed by atoms with Crippen molar-refractivity contribution in [3.05, 3.63) is 33.5 Å². The highest BCUT2D eigenvalue weighted by Crippen LogP contribution is 2.27. The van der Waals surface area contributed by atoms with E-state index in [4.69, 9.17) is 10.5 Å². The van der Waals surface area contributed by atoms with Crippen molar-refractivity contribution < 1.29 is 9.13 Å². The van der Waals surface area contributed by atoms with Gasteiger partial charge in [-0.05, 0) is 26.0 Å². The van der Waals surface area contributed by atoms with Crippen LogP contribution in [-0.2, 0) is 16.9 Å². The van der Waals surface area contributed by atoms with E-state index in [1.807, 2.05) is 0 Å². The average Bonchev–Trinajstić information content (AvgIpc) is 2.09. The molecule has 84 valence electrons. The Balaban J connectivity index is 3.28. The highest BCUT2D eigenvalue weighted by molar-refractivity contribution is 9.10. The van der Waals surface area contributed by atoms with Crippen molar-refractivity contribution >= 4 is 15.9 Å². The van der Waals surface area contributed by atoms with E-state index in [9.17, 15) is 4.39 Å². The van der Waals surface area contributed by atoms with Crippen LogP contribution in [0.2, 0.25) is 0 Å². The van der Waals surface area contributed by atoms with E-state index in [-0.39, 0.29) is 12.4 Å². The predicted molar refractivity (Wildman–Crippen MR) is 62.0 cm³/mol. The molecule has 0 aliphatic carbocycles. The molecular weight excluding hydrogens is 261 g/mol. The third kappa shape index (κ3) is 3.00. The zero-order valence-corrected chi connectivity index (χ0v) is 10.7. The standard InChI is InChI=1S/C11H15BrFNO/c1-11(2,14)9-5-8(12)4-7(6-15-3)10(9)13/h4-5H,6,14H2,1-3H3. The summed E-state index contributed by atoms with van der Waals surface area (Å²) >= 11 is 3.33. The molecule has 2 nitrogen and oxygen atoms in total. The van der Waals surface area contributed by atoms with Gasteiger partial charge in [-0.2, -0.15) is 0 Å². The quantitative estimate of drug-likeness (QED) is 0.921. The number of benzene rings is 1. The van der Waals surface area contributed by atoms with Gasteiger partial charge in [0.25, 0.3) is 0 Å². The number of nitrogens with two attached hydrogens (primary N) is 1. The average molecular weight is 276 g/mol. The van der Waals surface area contributed by atoms with Crippen LogP contribution in [0.5, 0.6) is 0 Å². The third-order valence-corrected chi connectivity index (χ3v) is 2.56. The van der Waals surface area contributed by atoms with Gasteiger partial charge in [0.2, 0.25) is 0 Å². The molecule has 0 aliphatic rings. The van der Waals surface area contributed by atoms with Crippen molar-refractivity contribution in [2.75, 3.05) is 7.11 Å². The lowest BCUT2D eigenvalue weighted by atomic mass is 9.93. The molecule has 0 spiro atoms. The highest BCUT2D eigenvalue weighted by Gasteiger charge is 2.21. The number of hydrogen-bond acceptors (Lipinski definition) is 2. The Kier molecular flexibility index (Phi) is 3.87. The largest absolute Gasteiger partial charge is 0.380 e. The van der Waals surface area contributed by atoms with Crippen LogP contribution in [-0.4, -0.2) is 7.11 Å². The first-order chi connectivity index (χ1) is 6.86. The summed E-state index contributed by atoms with van der Waals surface area (Å²) in [6.45, 7) is 3.79. The fourth-order valence-corrected chi connectivity index (χ4v) is 1.88. The second kappa shape index (κ2) is 4.60. The van der Waals surface area contributed by atoms with E-state index in [0.717, 1.165) is 4.47 Å². The van der Waals surface area contributed by atoms with Crippen molar-refractivity contribution in [2.45, 2.75) is 26.0 Å². The summed E-state index contributed by atoms with van der Waals surface area (Å²) < 4.78 is 19.7. The molecule has 0 unspecified atom stereocenters. The van der Waals surface area contributed by atoms with E-state index >= 15 is 0 Å². The number of methoxy groups -OCH3 is 1. The van der Waals surface area contributed by atoms with Gasteiger partial charge in [-0.1, -0.05) is 15.9 Å². The Morgan fingerprint density at radius 3 is 2.53 bits per heavy atom. The van der Waals surface area contributed by atoms with Gasteiger partial charge in [-0.3, -0.25) is 0 Å². The summed E-state index contributed by atoms with van der Waals surface area (Å²) in [5, 5.41) is 0. The van der Waals surface area contributed by atoms with Gasteiger partial charge in [0.1, 0.15) is 5.82 Å². The zero-order valence-electron chi connectivity index (χ0n) is 9.10. The van der Waals surface area contributed by atoms with E-state index < -0.39 is 5.54 Å². The SMILES string of the molecule is COCc1cc(Br)cc(C(C)(C)N)c1F. The number of ether oxygens (including phenoxy) is 1. The Labute approximate surface area is 97.7 Å². The monoisotopic (exact) mass is 275 g/mol. The summed E-state index contributed by atoms with van der Waals surface area (Å²) in [6, 6.07) is 3.41. The molecule has 0 atom stereocenters. The molecule has 1 rings (SSSR count). The minimum Gasteiger partial charge on any atom is -0.380 e. The second-order valence-electron chi connectivity index (χ2n) is 4.08. The van der Waals surface area contributed by atoms with Gasteiger partial charge >= 0.3 is 0 Å². The van der Waals surface area contributed by atoms with Crippen molar-refractivity contribution in [1.29, 1.82) is 0 Å².